The van der Waals surface area contributed by atoms with Gasteiger partial charge in [0.25, 0.3) is 0 Å². The number of hydrazine groups is 1. The van der Waals surface area contributed by atoms with Crippen molar-refractivity contribution >= 4 is 5.84 Å². The molecule has 3 nitrogen and oxygen atoms in total. The molecule has 0 saturated heterocycles. The standard InChI is InChI=1S/C5H9N3/c1-3-5(8-6)7-4-2/h3-4H,1-2,6H2,(H,7,8). The van der Waals surface area contributed by atoms with Crippen molar-refractivity contribution in [2.24, 2.45) is 10.8 Å². The van der Waals surface area contributed by atoms with Crippen LogP contribution in [0.3, 0.4) is 0 Å². The second kappa shape index (κ2) is 4.08. The third kappa shape index (κ3) is 2.15. The number of hydrogen-bond acceptors (Lipinski definition) is 2. The van der Waals surface area contributed by atoms with E-state index in [2.05, 4.69) is 23.6 Å². The van der Waals surface area contributed by atoms with E-state index in [1.165, 1.54) is 12.3 Å². The van der Waals surface area contributed by atoms with Crippen molar-refractivity contribution in [3.63, 3.8) is 0 Å². The molecule has 3 heteroatoms. The Kier molecular flexibility index (Phi) is 3.52. The largest absolute Gasteiger partial charge is 0.309 e. The Balaban J connectivity index is 3.84. The Hall–Kier alpha value is -1.09. The number of amidine groups is 1. The van der Waals surface area contributed by atoms with Crippen molar-refractivity contribution < 1.29 is 0 Å². The molecule has 0 aromatic carbocycles. The van der Waals surface area contributed by atoms with Gasteiger partial charge in [0.1, 0.15) is 5.84 Å². The minimum Gasteiger partial charge on any atom is -0.309 e. The van der Waals surface area contributed by atoms with Crippen molar-refractivity contribution in [3.05, 3.63) is 25.4 Å². The summed E-state index contributed by atoms with van der Waals surface area (Å²) in [5.41, 5.74) is 2.31. The molecule has 3 N–H and O–H groups in total. The molecule has 0 aromatic heterocycles. The van der Waals surface area contributed by atoms with Gasteiger partial charge < -0.3 is 5.43 Å². The van der Waals surface area contributed by atoms with Crippen LogP contribution in [-0.4, -0.2) is 5.84 Å². The highest BCUT2D eigenvalue weighted by atomic mass is 15.2. The van der Waals surface area contributed by atoms with Crippen LogP contribution >= 0.6 is 0 Å². The Bertz CT molecular complexity index is 115. The van der Waals surface area contributed by atoms with Gasteiger partial charge in [-0.25, -0.2) is 10.8 Å². The predicted octanol–water partition coefficient (Wildman–Crippen LogP) is 0.178. The lowest BCUT2D eigenvalue weighted by molar-refractivity contribution is 1.03. The van der Waals surface area contributed by atoms with Crippen LogP contribution in [0.1, 0.15) is 0 Å². The molecule has 0 aromatic rings. The lowest BCUT2D eigenvalue weighted by atomic mass is 10.6. The first kappa shape index (κ1) is 6.91. The SMILES string of the molecule is C=CN=C(C=C)NN. The summed E-state index contributed by atoms with van der Waals surface area (Å²) in [6.45, 7) is 6.79. The van der Waals surface area contributed by atoms with E-state index in [9.17, 15) is 0 Å². The van der Waals surface area contributed by atoms with Crippen molar-refractivity contribution in [3.8, 4) is 0 Å². The third-order valence-electron chi connectivity index (χ3n) is 0.572. The maximum atomic E-state index is 4.97. The first-order valence-corrected chi connectivity index (χ1v) is 2.13. The number of hydrogen-bond donors (Lipinski definition) is 2. The zero-order chi connectivity index (χ0) is 6.41. The second-order valence-corrected chi connectivity index (χ2v) is 1.05. The third-order valence-corrected chi connectivity index (χ3v) is 0.572. The van der Waals surface area contributed by atoms with Gasteiger partial charge in [-0.15, -0.1) is 0 Å². The molecule has 8 heavy (non-hydrogen) atoms. The molecule has 44 valence electrons. The summed E-state index contributed by atoms with van der Waals surface area (Å²) in [6.07, 6.45) is 2.89. The van der Waals surface area contributed by atoms with E-state index in [0.717, 1.165) is 0 Å². The smallest absolute Gasteiger partial charge is 0.139 e. The Morgan fingerprint density at radius 3 is 2.38 bits per heavy atom. The van der Waals surface area contributed by atoms with Gasteiger partial charge in [-0.05, 0) is 6.08 Å². The molecule has 0 rings (SSSR count). The van der Waals surface area contributed by atoms with E-state index < -0.39 is 0 Å². The number of rotatable bonds is 2. The van der Waals surface area contributed by atoms with Gasteiger partial charge in [0.15, 0.2) is 0 Å². The first-order chi connectivity index (χ1) is 3.85. The van der Waals surface area contributed by atoms with Gasteiger partial charge in [-0.2, -0.15) is 0 Å². The monoisotopic (exact) mass is 111 g/mol. The van der Waals surface area contributed by atoms with E-state index in [-0.39, 0.29) is 0 Å². The van der Waals surface area contributed by atoms with Gasteiger partial charge in [0.2, 0.25) is 0 Å². The fraction of sp³-hybridized carbons (Fsp3) is 0. The van der Waals surface area contributed by atoms with Crippen LogP contribution in [0.5, 0.6) is 0 Å². The van der Waals surface area contributed by atoms with Crippen LogP contribution in [0.2, 0.25) is 0 Å². The van der Waals surface area contributed by atoms with Crippen molar-refractivity contribution in [2.75, 3.05) is 0 Å². The average molecular weight is 111 g/mol. The molecule has 0 aliphatic heterocycles. The molecule has 0 aliphatic rings. The van der Waals surface area contributed by atoms with Crippen LogP contribution in [0, 0.1) is 0 Å². The summed E-state index contributed by atoms with van der Waals surface area (Å²) in [6, 6.07) is 0. The van der Waals surface area contributed by atoms with E-state index >= 15 is 0 Å². The Morgan fingerprint density at radius 2 is 2.25 bits per heavy atom. The summed E-state index contributed by atoms with van der Waals surface area (Å²) in [4.78, 5) is 3.69. The summed E-state index contributed by atoms with van der Waals surface area (Å²) in [5.74, 6) is 5.48. The average Bonchev–Trinajstić information content (AvgIpc) is 1.83. The first-order valence-electron chi connectivity index (χ1n) is 2.13. The van der Waals surface area contributed by atoms with E-state index in [1.54, 1.807) is 0 Å². The molecule has 0 atom stereocenters. The number of nitrogens with two attached hydrogens (primary N) is 1. The van der Waals surface area contributed by atoms with Gasteiger partial charge in [-0.1, -0.05) is 13.2 Å². The maximum absolute atomic E-state index is 4.97. The van der Waals surface area contributed by atoms with Crippen LogP contribution in [-0.2, 0) is 0 Å². The highest BCUT2D eigenvalue weighted by Crippen LogP contribution is 1.72. The molecule has 0 heterocycles. The molecular weight excluding hydrogens is 102 g/mol. The van der Waals surface area contributed by atoms with Crippen molar-refractivity contribution in [1.82, 2.24) is 5.43 Å². The molecule has 0 bridgehead atoms. The topological polar surface area (TPSA) is 50.4 Å². The van der Waals surface area contributed by atoms with Crippen molar-refractivity contribution in [1.29, 1.82) is 0 Å². The Morgan fingerprint density at radius 1 is 1.62 bits per heavy atom. The Labute approximate surface area is 48.6 Å². The molecule has 0 saturated carbocycles. The maximum Gasteiger partial charge on any atom is 0.139 e. The predicted molar refractivity (Wildman–Crippen MR) is 35.2 cm³/mol. The highest BCUT2D eigenvalue weighted by Gasteiger charge is 1.79. The van der Waals surface area contributed by atoms with Crippen molar-refractivity contribution in [2.45, 2.75) is 0 Å². The van der Waals surface area contributed by atoms with E-state index in [0.29, 0.717) is 5.84 Å². The zero-order valence-corrected chi connectivity index (χ0v) is 4.59. The molecular formula is C5H9N3. The minimum absolute atomic E-state index is 0.514. The summed E-state index contributed by atoms with van der Waals surface area (Å²) in [5, 5.41) is 0. The number of nitrogens with zero attached hydrogens (tertiary/aromatic N) is 1. The van der Waals surface area contributed by atoms with E-state index in [1.807, 2.05) is 0 Å². The van der Waals surface area contributed by atoms with Gasteiger partial charge in [0.05, 0.1) is 0 Å². The fourth-order valence-corrected chi connectivity index (χ4v) is 0.247. The lowest BCUT2D eigenvalue weighted by Gasteiger charge is -1.92. The molecule has 0 radical (unpaired) electrons. The van der Waals surface area contributed by atoms with Gasteiger partial charge in [0, 0.05) is 6.20 Å². The molecule has 0 fully saturated rings. The quantitative estimate of drug-likeness (QED) is 0.231. The molecule has 0 spiro atoms. The van der Waals surface area contributed by atoms with Crippen LogP contribution < -0.4 is 11.3 Å². The lowest BCUT2D eigenvalue weighted by Crippen LogP contribution is -2.27. The summed E-state index contributed by atoms with van der Waals surface area (Å²) >= 11 is 0. The second-order valence-electron chi connectivity index (χ2n) is 1.05. The summed E-state index contributed by atoms with van der Waals surface area (Å²) < 4.78 is 0. The minimum atomic E-state index is 0.514. The molecule has 0 amide bonds. The zero-order valence-electron chi connectivity index (χ0n) is 4.59. The van der Waals surface area contributed by atoms with E-state index in [4.69, 9.17) is 5.84 Å². The van der Waals surface area contributed by atoms with Gasteiger partial charge in [-0.3, -0.25) is 0 Å². The van der Waals surface area contributed by atoms with Crippen LogP contribution in [0.15, 0.2) is 30.4 Å². The fourth-order valence-electron chi connectivity index (χ4n) is 0.247. The van der Waals surface area contributed by atoms with Crippen LogP contribution in [0.25, 0.3) is 0 Å². The number of aliphatic imine (C=N–C) groups is 1. The highest BCUT2D eigenvalue weighted by molar-refractivity contribution is 5.92. The molecule has 0 aliphatic carbocycles. The van der Waals surface area contributed by atoms with Gasteiger partial charge >= 0.3 is 0 Å². The summed E-state index contributed by atoms with van der Waals surface area (Å²) in [7, 11) is 0. The molecule has 0 unspecified atom stereocenters. The number of nitrogens with one attached hydrogen (secondary N) is 1. The normalized spacial score (nSPS) is 10.4. The van der Waals surface area contributed by atoms with Crippen LogP contribution in [0.4, 0.5) is 0 Å².